The normalized spacial score (nSPS) is 10.8. The van der Waals surface area contributed by atoms with Gasteiger partial charge in [0, 0.05) is 10.7 Å². The van der Waals surface area contributed by atoms with Gasteiger partial charge in [0.25, 0.3) is 5.56 Å². The molecule has 0 saturated heterocycles. The lowest BCUT2D eigenvalue weighted by molar-refractivity contribution is 0.894. The average molecular weight is 318 g/mol. The minimum absolute atomic E-state index is 0.368. The number of pyridine rings is 1. The van der Waals surface area contributed by atoms with Gasteiger partial charge in [-0.25, -0.2) is 9.36 Å². The van der Waals surface area contributed by atoms with Crippen LogP contribution in [0.2, 0.25) is 0 Å². The molecule has 3 aromatic rings. The summed E-state index contributed by atoms with van der Waals surface area (Å²) in [6, 6.07) is 8.47. The maximum absolute atomic E-state index is 12.4. The summed E-state index contributed by atoms with van der Waals surface area (Å²) in [7, 11) is 0. The molecule has 0 bridgehead atoms. The Hall–Kier alpha value is -2.21. The van der Waals surface area contributed by atoms with Crippen molar-refractivity contribution >= 4 is 26.8 Å². The van der Waals surface area contributed by atoms with Crippen molar-refractivity contribution < 1.29 is 0 Å². The van der Waals surface area contributed by atoms with Crippen molar-refractivity contribution in [2.75, 3.05) is 0 Å². The molecule has 1 aromatic carbocycles. The summed E-state index contributed by atoms with van der Waals surface area (Å²) >= 11 is 3.31. The molecule has 0 aliphatic heterocycles. The molecule has 0 atom stereocenters. The van der Waals surface area contributed by atoms with E-state index in [2.05, 4.69) is 25.9 Å². The second-order valence-corrected chi connectivity index (χ2v) is 4.89. The molecule has 0 aliphatic rings. The van der Waals surface area contributed by atoms with E-state index in [4.69, 9.17) is 0 Å². The smallest absolute Gasteiger partial charge is 0.306 e. The largest absolute Gasteiger partial charge is 0.333 e. The van der Waals surface area contributed by atoms with Gasteiger partial charge >= 0.3 is 5.69 Å². The standard InChI is InChI=1S/C13H8BrN3O2/c14-8-3-4-11-10(6-8)12(18)17(13(19)16-11)9-2-1-5-15-7-9/h1-7H,(H,16,19). The Morgan fingerprint density at radius 3 is 2.79 bits per heavy atom. The number of fused-ring (bicyclic) bond motifs is 1. The second-order valence-electron chi connectivity index (χ2n) is 3.97. The van der Waals surface area contributed by atoms with Gasteiger partial charge in [-0.15, -0.1) is 0 Å². The predicted octanol–water partition coefficient (Wildman–Crippen LogP) is 1.84. The highest BCUT2D eigenvalue weighted by atomic mass is 79.9. The van der Waals surface area contributed by atoms with Crippen molar-refractivity contribution in [2.45, 2.75) is 0 Å². The topological polar surface area (TPSA) is 67.8 Å². The molecule has 0 amide bonds. The Labute approximate surface area is 115 Å². The van der Waals surface area contributed by atoms with Gasteiger partial charge in [0.15, 0.2) is 0 Å². The summed E-state index contributed by atoms with van der Waals surface area (Å²) in [5, 5.41) is 0.442. The summed E-state index contributed by atoms with van der Waals surface area (Å²) in [6.45, 7) is 0. The lowest BCUT2D eigenvalue weighted by atomic mass is 10.2. The fourth-order valence-electron chi connectivity index (χ4n) is 1.91. The third-order valence-electron chi connectivity index (χ3n) is 2.76. The van der Waals surface area contributed by atoms with E-state index >= 15 is 0 Å². The van der Waals surface area contributed by atoms with E-state index in [0.717, 1.165) is 9.04 Å². The van der Waals surface area contributed by atoms with E-state index in [1.165, 1.54) is 6.20 Å². The Morgan fingerprint density at radius 1 is 1.21 bits per heavy atom. The predicted molar refractivity (Wildman–Crippen MR) is 75.7 cm³/mol. The van der Waals surface area contributed by atoms with Crippen molar-refractivity contribution in [3.05, 3.63) is 68.0 Å². The van der Waals surface area contributed by atoms with Gasteiger partial charge in [-0.05, 0) is 30.3 Å². The zero-order chi connectivity index (χ0) is 13.4. The number of H-pyrrole nitrogens is 1. The molecule has 94 valence electrons. The molecular weight excluding hydrogens is 310 g/mol. The third kappa shape index (κ3) is 2.00. The number of hydrogen-bond donors (Lipinski definition) is 1. The first-order valence-corrected chi connectivity index (χ1v) is 6.31. The monoisotopic (exact) mass is 317 g/mol. The summed E-state index contributed by atoms with van der Waals surface area (Å²) in [5.74, 6) is 0. The molecule has 0 fully saturated rings. The van der Waals surface area contributed by atoms with Crippen LogP contribution in [0.3, 0.4) is 0 Å². The second kappa shape index (κ2) is 4.47. The minimum atomic E-state index is -0.479. The summed E-state index contributed by atoms with van der Waals surface area (Å²) in [5.41, 5.74) is 0.106. The van der Waals surface area contributed by atoms with E-state index < -0.39 is 5.69 Å². The molecule has 6 heteroatoms. The summed E-state index contributed by atoms with van der Waals surface area (Å²) < 4.78 is 1.85. The molecule has 5 nitrogen and oxygen atoms in total. The van der Waals surface area contributed by atoms with Gasteiger partial charge in [-0.1, -0.05) is 15.9 Å². The molecule has 1 N–H and O–H groups in total. The Kier molecular flexibility index (Phi) is 2.79. The molecule has 2 heterocycles. The van der Waals surface area contributed by atoms with Crippen LogP contribution in [0.5, 0.6) is 0 Å². The first-order chi connectivity index (χ1) is 9.16. The molecule has 0 aliphatic carbocycles. The maximum atomic E-state index is 12.4. The zero-order valence-corrected chi connectivity index (χ0v) is 11.2. The van der Waals surface area contributed by atoms with Crippen LogP contribution < -0.4 is 11.2 Å². The SMILES string of the molecule is O=c1[nH]c2ccc(Br)cc2c(=O)n1-c1cccnc1. The fraction of sp³-hybridized carbons (Fsp3) is 0. The number of nitrogens with one attached hydrogen (secondary N) is 1. The Morgan fingerprint density at radius 2 is 2.05 bits per heavy atom. The molecule has 0 unspecified atom stereocenters. The fourth-order valence-corrected chi connectivity index (χ4v) is 2.27. The summed E-state index contributed by atoms with van der Waals surface area (Å²) in [6.07, 6.45) is 3.06. The zero-order valence-electron chi connectivity index (χ0n) is 9.63. The number of hydrogen-bond acceptors (Lipinski definition) is 3. The van der Waals surface area contributed by atoms with Crippen molar-refractivity contribution in [1.82, 2.24) is 14.5 Å². The quantitative estimate of drug-likeness (QED) is 0.744. The molecule has 0 spiro atoms. The van der Waals surface area contributed by atoms with E-state index in [1.807, 2.05) is 0 Å². The van der Waals surface area contributed by atoms with Crippen LogP contribution >= 0.6 is 15.9 Å². The van der Waals surface area contributed by atoms with Gasteiger partial charge in [0.1, 0.15) is 0 Å². The number of aromatic nitrogens is 3. The van der Waals surface area contributed by atoms with Gasteiger partial charge in [-0.3, -0.25) is 9.78 Å². The van der Waals surface area contributed by atoms with Crippen LogP contribution in [-0.2, 0) is 0 Å². The van der Waals surface area contributed by atoms with E-state index in [0.29, 0.717) is 16.6 Å². The number of halogens is 1. The molecule has 2 aromatic heterocycles. The first kappa shape index (κ1) is 11.9. The number of aromatic amines is 1. The van der Waals surface area contributed by atoms with Crippen LogP contribution in [-0.4, -0.2) is 14.5 Å². The highest BCUT2D eigenvalue weighted by Gasteiger charge is 2.09. The van der Waals surface area contributed by atoms with E-state index in [1.54, 1.807) is 36.5 Å². The lowest BCUT2D eigenvalue weighted by Crippen LogP contribution is -2.33. The van der Waals surface area contributed by atoms with Crippen LogP contribution in [0.4, 0.5) is 0 Å². The lowest BCUT2D eigenvalue weighted by Gasteiger charge is -2.05. The number of rotatable bonds is 1. The van der Waals surface area contributed by atoms with Gasteiger partial charge < -0.3 is 4.98 Å². The van der Waals surface area contributed by atoms with E-state index in [9.17, 15) is 9.59 Å². The number of nitrogens with zero attached hydrogens (tertiary/aromatic N) is 2. The molecule has 0 radical (unpaired) electrons. The van der Waals surface area contributed by atoms with Crippen molar-refractivity contribution in [2.24, 2.45) is 0 Å². The highest BCUT2D eigenvalue weighted by Crippen LogP contribution is 2.14. The Balaban J connectivity index is 2.44. The molecule has 3 rings (SSSR count). The molecular formula is C13H8BrN3O2. The average Bonchev–Trinajstić information content (AvgIpc) is 2.41. The van der Waals surface area contributed by atoms with Crippen molar-refractivity contribution in [3.8, 4) is 5.69 Å². The van der Waals surface area contributed by atoms with Crippen LogP contribution in [0.25, 0.3) is 16.6 Å². The maximum Gasteiger partial charge on any atom is 0.333 e. The summed E-state index contributed by atoms with van der Waals surface area (Å²) in [4.78, 5) is 31.0. The van der Waals surface area contributed by atoms with Gasteiger partial charge in [-0.2, -0.15) is 0 Å². The highest BCUT2D eigenvalue weighted by molar-refractivity contribution is 9.10. The van der Waals surface area contributed by atoms with Crippen molar-refractivity contribution in [1.29, 1.82) is 0 Å². The van der Waals surface area contributed by atoms with Crippen LogP contribution in [0, 0.1) is 0 Å². The number of benzene rings is 1. The third-order valence-corrected chi connectivity index (χ3v) is 3.26. The molecule has 0 saturated carbocycles. The van der Waals surface area contributed by atoms with Crippen molar-refractivity contribution in [3.63, 3.8) is 0 Å². The van der Waals surface area contributed by atoms with Gasteiger partial charge in [0.05, 0.1) is 22.8 Å². The molecule has 19 heavy (non-hydrogen) atoms. The van der Waals surface area contributed by atoms with Crippen LogP contribution in [0.1, 0.15) is 0 Å². The Bertz CT molecular complexity index is 868. The van der Waals surface area contributed by atoms with Gasteiger partial charge in [0.2, 0.25) is 0 Å². The van der Waals surface area contributed by atoms with Crippen LogP contribution in [0.15, 0.2) is 56.8 Å². The first-order valence-electron chi connectivity index (χ1n) is 5.52. The minimum Gasteiger partial charge on any atom is -0.306 e. The van der Waals surface area contributed by atoms with E-state index in [-0.39, 0.29) is 5.56 Å².